The number of carbonyl (C=O) groups is 2. The van der Waals surface area contributed by atoms with Crippen molar-refractivity contribution in [2.75, 3.05) is 38.0 Å². The molecule has 5 rings (SSSR count). The second kappa shape index (κ2) is 12.8. The zero-order chi connectivity index (χ0) is 31.1. The number of ketones is 1. The predicted molar refractivity (Wildman–Crippen MR) is 173 cm³/mol. The molecule has 3 aliphatic rings. The number of unbranched alkanes of at least 4 members (excludes halogenated alkanes) is 1. The van der Waals surface area contributed by atoms with E-state index in [4.69, 9.17) is 23.2 Å². The number of fused-ring (bicyclic) bond motifs is 2. The number of nitrogens with zero attached hydrogens (tertiary/aromatic N) is 2. The van der Waals surface area contributed by atoms with Gasteiger partial charge in [-0.25, -0.2) is 4.39 Å². The summed E-state index contributed by atoms with van der Waals surface area (Å²) in [6, 6.07) is 9.63. The minimum Gasteiger partial charge on any atom is -0.325 e. The Morgan fingerprint density at radius 1 is 1.09 bits per heavy atom. The number of piperazine rings is 1. The SMILES string of the molecule is CC(C)N1CCN(CCCCC(=O)[C@@H]2N[C@H](CC(C)(C)C)[C@]3(C(=O)Nc4cc(Cl)ccc43)[C@H]2c2cccc(Cl)c2F)CC1. The lowest BCUT2D eigenvalue weighted by Crippen LogP contribution is -2.49. The molecule has 1 amide bonds. The van der Waals surface area contributed by atoms with Gasteiger partial charge in [-0.3, -0.25) is 14.5 Å². The van der Waals surface area contributed by atoms with E-state index in [9.17, 15) is 9.59 Å². The molecule has 1 spiro atoms. The molecule has 0 unspecified atom stereocenters. The molecule has 2 N–H and O–H groups in total. The molecule has 43 heavy (non-hydrogen) atoms. The molecule has 3 aliphatic heterocycles. The maximum absolute atomic E-state index is 15.9. The van der Waals surface area contributed by atoms with Crippen LogP contribution >= 0.6 is 23.2 Å². The van der Waals surface area contributed by atoms with E-state index in [1.54, 1.807) is 24.3 Å². The molecule has 2 aromatic carbocycles. The average molecular weight is 632 g/mol. The zero-order valence-corrected chi connectivity index (χ0v) is 27.5. The highest BCUT2D eigenvalue weighted by Crippen LogP contribution is 2.57. The van der Waals surface area contributed by atoms with Gasteiger partial charge >= 0.3 is 0 Å². The molecule has 0 aliphatic carbocycles. The summed E-state index contributed by atoms with van der Waals surface area (Å²) in [6.45, 7) is 16.0. The van der Waals surface area contributed by atoms with Crippen molar-refractivity contribution in [3.8, 4) is 0 Å². The summed E-state index contributed by atoms with van der Waals surface area (Å²) in [5.74, 6) is -1.61. The van der Waals surface area contributed by atoms with Crippen LogP contribution in [0.2, 0.25) is 10.0 Å². The van der Waals surface area contributed by atoms with Crippen LogP contribution in [0.4, 0.5) is 10.1 Å². The smallest absolute Gasteiger partial charge is 0.237 e. The van der Waals surface area contributed by atoms with Crippen LogP contribution in [0.3, 0.4) is 0 Å². The van der Waals surface area contributed by atoms with E-state index in [0.29, 0.717) is 29.6 Å². The van der Waals surface area contributed by atoms with Gasteiger partial charge in [-0.1, -0.05) is 62.2 Å². The summed E-state index contributed by atoms with van der Waals surface area (Å²) in [7, 11) is 0. The number of benzene rings is 2. The second-order valence-corrected chi connectivity index (χ2v) is 14.8. The minimum absolute atomic E-state index is 0.000000282. The Kier molecular flexibility index (Phi) is 9.60. The first-order valence-electron chi connectivity index (χ1n) is 15.6. The highest BCUT2D eigenvalue weighted by Gasteiger charge is 2.65. The maximum atomic E-state index is 15.9. The van der Waals surface area contributed by atoms with Crippen molar-refractivity contribution >= 4 is 40.6 Å². The number of rotatable bonds is 9. The van der Waals surface area contributed by atoms with Gasteiger partial charge in [0.25, 0.3) is 0 Å². The van der Waals surface area contributed by atoms with Crippen LogP contribution in [0.1, 0.15) is 77.3 Å². The highest BCUT2D eigenvalue weighted by molar-refractivity contribution is 6.31. The van der Waals surface area contributed by atoms with Crippen LogP contribution in [0, 0.1) is 11.2 Å². The fourth-order valence-electron chi connectivity index (χ4n) is 7.50. The van der Waals surface area contributed by atoms with Crippen molar-refractivity contribution in [2.45, 2.75) is 89.8 Å². The molecule has 234 valence electrons. The quantitative estimate of drug-likeness (QED) is 0.304. The molecule has 6 nitrogen and oxygen atoms in total. The zero-order valence-electron chi connectivity index (χ0n) is 26.0. The fourth-order valence-corrected chi connectivity index (χ4v) is 7.85. The van der Waals surface area contributed by atoms with Crippen molar-refractivity contribution < 1.29 is 14.0 Å². The minimum atomic E-state index is -1.21. The number of hydrogen-bond donors (Lipinski definition) is 2. The van der Waals surface area contributed by atoms with Crippen molar-refractivity contribution in [3.05, 3.63) is 63.4 Å². The van der Waals surface area contributed by atoms with E-state index < -0.39 is 29.2 Å². The van der Waals surface area contributed by atoms with E-state index in [-0.39, 0.29) is 27.7 Å². The lowest BCUT2D eigenvalue weighted by atomic mass is 9.62. The van der Waals surface area contributed by atoms with Gasteiger partial charge in [-0.15, -0.1) is 0 Å². The predicted octanol–water partition coefficient (Wildman–Crippen LogP) is 6.65. The van der Waals surface area contributed by atoms with Crippen LogP contribution in [0.15, 0.2) is 36.4 Å². The van der Waals surface area contributed by atoms with Gasteiger partial charge in [-0.2, -0.15) is 0 Å². The third-order valence-electron chi connectivity index (χ3n) is 9.57. The summed E-state index contributed by atoms with van der Waals surface area (Å²) < 4.78 is 15.9. The van der Waals surface area contributed by atoms with Crippen molar-refractivity contribution in [1.29, 1.82) is 0 Å². The Bertz CT molecular complexity index is 1350. The van der Waals surface area contributed by atoms with Crippen molar-refractivity contribution in [3.63, 3.8) is 0 Å². The number of Topliss-reactive ketones (excluding diaryl/α,β-unsaturated/α-hetero) is 1. The van der Waals surface area contributed by atoms with Crippen molar-refractivity contribution in [1.82, 2.24) is 15.1 Å². The van der Waals surface area contributed by atoms with Gasteiger partial charge < -0.3 is 15.5 Å². The molecule has 9 heteroatoms. The van der Waals surface area contributed by atoms with E-state index >= 15 is 4.39 Å². The second-order valence-electron chi connectivity index (χ2n) is 14.0. The molecular formula is C34H45Cl2FN4O2. The lowest BCUT2D eigenvalue weighted by Gasteiger charge is -2.37. The fraction of sp³-hybridized carbons (Fsp3) is 0.588. The molecule has 0 radical (unpaired) electrons. The molecule has 0 aromatic heterocycles. The Morgan fingerprint density at radius 3 is 2.49 bits per heavy atom. The Hall–Kier alpha value is -2.03. The Labute approximate surface area is 265 Å². The first-order chi connectivity index (χ1) is 20.3. The number of nitrogens with one attached hydrogen (secondary N) is 2. The topological polar surface area (TPSA) is 64.7 Å². The van der Waals surface area contributed by atoms with Gasteiger partial charge in [0.15, 0.2) is 0 Å². The Balaban J connectivity index is 1.44. The first kappa shape index (κ1) is 32.4. The summed E-state index contributed by atoms with van der Waals surface area (Å²) in [5.41, 5.74) is 0.250. The van der Waals surface area contributed by atoms with E-state index in [1.807, 2.05) is 6.07 Å². The van der Waals surface area contributed by atoms with E-state index in [1.165, 1.54) is 6.07 Å². The summed E-state index contributed by atoms with van der Waals surface area (Å²) >= 11 is 12.6. The van der Waals surface area contributed by atoms with Crippen molar-refractivity contribution in [2.24, 2.45) is 5.41 Å². The standard InChI is InChI=1S/C34H45Cl2FN4O2/c1-21(2)41-17-15-40(16-18-41)14-7-6-11-27(42)31-29(23-9-8-10-25(36)30(23)37)34(28(39-31)20-33(3,4)5)24-13-12-22(35)19-26(24)38-32(34)43/h8-10,12-13,19,21,28-29,31,39H,6-7,11,14-18,20H2,1-5H3,(H,38,43)/t28-,29+,31+,34+/m1/s1. The largest absolute Gasteiger partial charge is 0.325 e. The molecule has 0 saturated carbocycles. The molecule has 4 atom stereocenters. The van der Waals surface area contributed by atoms with E-state index in [0.717, 1.165) is 51.1 Å². The van der Waals surface area contributed by atoms with Crippen LogP contribution in [0.5, 0.6) is 0 Å². The third kappa shape index (κ3) is 6.39. The molecule has 2 saturated heterocycles. The van der Waals surface area contributed by atoms with Gasteiger partial charge in [0, 0.05) is 61.3 Å². The lowest BCUT2D eigenvalue weighted by molar-refractivity contribution is -0.122. The number of halogens is 3. The molecule has 2 fully saturated rings. The summed E-state index contributed by atoms with van der Waals surface area (Å²) in [4.78, 5) is 33.3. The highest BCUT2D eigenvalue weighted by atomic mass is 35.5. The van der Waals surface area contributed by atoms with Crippen LogP contribution in [0.25, 0.3) is 0 Å². The Morgan fingerprint density at radius 2 is 1.81 bits per heavy atom. The van der Waals surface area contributed by atoms with Gasteiger partial charge in [0.05, 0.1) is 11.1 Å². The van der Waals surface area contributed by atoms with E-state index in [2.05, 4.69) is 55.1 Å². The monoisotopic (exact) mass is 630 g/mol. The molecule has 3 heterocycles. The number of carbonyl (C=O) groups excluding carboxylic acids is 2. The first-order valence-corrected chi connectivity index (χ1v) is 16.4. The summed E-state index contributed by atoms with van der Waals surface area (Å²) in [6.07, 6.45) is 2.61. The molecule has 0 bridgehead atoms. The average Bonchev–Trinajstić information content (AvgIpc) is 3.41. The molecule has 2 aromatic rings. The van der Waals surface area contributed by atoms with Gasteiger partial charge in [0.1, 0.15) is 17.0 Å². The third-order valence-corrected chi connectivity index (χ3v) is 10.1. The van der Waals surface area contributed by atoms with Gasteiger partial charge in [0.2, 0.25) is 5.91 Å². The number of hydrogen-bond acceptors (Lipinski definition) is 5. The van der Waals surface area contributed by atoms with Crippen LogP contribution in [-0.4, -0.2) is 72.3 Å². The number of amides is 1. The number of anilines is 1. The van der Waals surface area contributed by atoms with Crippen LogP contribution in [-0.2, 0) is 15.0 Å². The van der Waals surface area contributed by atoms with Gasteiger partial charge in [-0.05, 0) is 74.4 Å². The molecular weight excluding hydrogens is 586 g/mol. The summed E-state index contributed by atoms with van der Waals surface area (Å²) in [5, 5.41) is 7.11. The maximum Gasteiger partial charge on any atom is 0.237 e. The normalized spacial score (nSPS) is 26.3. The van der Waals surface area contributed by atoms with Crippen LogP contribution < -0.4 is 10.6 Å².